The number of nitrogens with zero attached hydrogens (tertiary/aromatic N) is 1. The van der Waals surface area contributed by atoms with Gasteiger partial charge in [-0.1, -0.05) is 56.7 Å². The van der Waals surface area contributed by atoms with Gasteiger partial charge in [-0.25, -0.2) is 4.98 Å². The number of hydrogen-bond donors (Lipinski definition) is 1. The van der Waals surface area contributed by atoms with Gasteiger partial charge in [-0.3, -0.25) is 10.1 Å². The van der Waals surface area contributed by atoms with Crippen molar-refractivity contribution in [1.29, 1.82) is 0 Å². The third kappa shape index (κ3) is 4.22. The Morgan fingerprint density at radius 3 is 2.81 bits per heavy atom. The van der Waals surface area contributed by atoms with Gasteiger partial charge in [0.2, 0.25) is 0 Å². The second kappa shape index (κ2) is 8.32. The maximum absolute atomic E-state index is 12.6. The van der Waals surface area contributed by atoms with Crippen molar-refractivity contribution >= 4 is 32.6 Å². The zero-order valence-electron chi connectivity index (χ0n) is 15.4. The Labute approximate surface area is 158 Å². The maximum Gasteiger partial charge on any atom is 0.257 e. The van der Waals surface area contributed by atoms with E-state index >= 15 is 0 Å². The van der Waals surface area contributed by atoms with Gasteiger partial charge < -0.3 is 4.74 Å². The second-order valence-electron chi connectivity index (χ2n) is 6.55. The number of carbonyl (C=O) groups excluding carboxylic acids is 1. The standard InChI is InChI=1S/C21H24N2O2S/c1-4-5-12-25-16-9-6-8-15(13-16)20(24)23-21-22-19-17(14(2)3)10-7-11-18(19)26-21/h6-11,13-14H,4-5,12H2,1-3H3,(H,22,23,24). The van der Waals surface area contributed by atoms with Crippen LogP contribution in [0.3, 0.4) is 0 Å². The van der Waals surface area contributed by atoms with E-state index in [-0.39, 0.29) is 5.91 Å². The van der Waals surface area contributed by atoms with E-state index in [1.807, 2.05) is 24.3 Å². The lowest BCUT2D eigenvalue weighted by Gasteiger charge is -2.07. The molecule has 0 aliphatic heterocycles. The molecule has 1 heterocycles. The fourth-order valence-corrected chi connectivity index (χ4v) is 3.62. The summed E-state index contributed by atoms with van der Waals surface area (Å²) in [6, 6.07) is 13.4. The Kier molecular flexibility index (Phi) is 5.89. The zero-order chi connectivity index (χ0) is 18.5. The summed E-state index contributed by atoms with van der Waals surface area (Å²) in [7, 11) is 0. The van der Waals surface area contributed by atoms with Gasteiger partial charge in [-0.05, 0) is 42.2 Å². The first-order valence-corrected chi connectivity index (χ1v) is 9.83. The SMILES string of the molecule is CCCCOc1cccc(C(=O)Nc2nc3c(C(C)C)cccc3s2)c1. The lowest BCUT2D eigenvalue weighted by atomic mass is 10.0. The van der Waals surface area contributed by atoms with E-state index in [0.717, 1.165) is 28.8 Å². The summed E-state index contributed by atoms with van der Waals surface area (Å²) in [5, 5.41) is 3.54. The van der Waals surface area contributed by atoms with Crippen LogP contribution in [0.5, 0.6) is 5.75 Å². The Morgan fingerprint density at radius 1 is 1.23 bits per heavy atom. The van der Waals surface area contributed by atoms with Gasteiger partial charge in [0.05, 0.1) is 16.8 Å². The van der Waals surface area contributed by atoms with Crippen LogP contribution in [0.15, 0.2) is 42.5 Å². The Morgan fingerprint density at radius 2 is 2.04 bits per heavy atom. The molecule has 26 heavy (non-hydrogen) atoms. The van der Waals surface area contributed by atoms with Crippen LogP contribution in [-0.4, -0.2) is 17.5 Å². The molecule has 3 rings (SSSR count). The molecule has 0 aliphatic rings. The number of ether oxygens (including phenoxy) is 1. The first-order valence-electron chi connectivity index (χ1n) is 9.02. The molecule has 136 valence electrons. The van der Waals surface area contributed by atoms with E-state index in [0.29, 0.717) is 23.2 Å². The minimum Gasteiger partial charge on any atom is -0.494 e. The summed E-state index contributed by atoms with van der Waals surface area (Å²) in [4.78, 5) is 17.2. The van der Waals surface area contributed by atoms with Crippen LogP contribution in [0.4, 0.5) is 5.13 Å². The third-order valence-electron chi connectivity index (χ3n) is 4.16. The molecule has 0 bridgehead atoms. The van der Waals surface area contributed by atoms with Crippen LogP contribution < -0.4 is 10.1 Å². The fraction of sp³-hybridized carbons (Fsp3) is 0.333. The van der Waals surface area contributed by atoms with Gasteiger partial charge in [-0.15, -0.1) is 0 Å². The number of anilines is 1. The number of aromatic nitrogens is 1. The molecule has 2 aromatic carbocycles. The van der Waals surface area contributed by atoms with Crippen molar-refractivity contribution in [2.24, 2.45) is 0 Å². The molecule has 3 aromatic rings. The first-order chi connectivity index (χ1) is 12.6. The quantitative estimate of drug-likeness (QED) is 0.532. The average molecular weight is 369 g/mol. The van der Waals surface area contributed by atoms with Crippen molar-refractivity contribution in [3.05, 3.63) is 53.6 Å². The molecule has 1 amide bonds. The molecule has 0 saturated heterocycles. The minimum absolute atomic E-state index is 0.170. The van der Waals surface area contributed by atoms with Crippen molar-refractivity contribution in [3.63, 3.8) is 0 Å². The van der Waals surface area contributed by atoms with Crippen LogP contribution in [0, 0.1) is 0 Å². The summed E-state index contributed by atoms with van der Waals surface area (Å²) in [6.45, 7) is 7.08. The van der Waals surface area contributed by atoms with Crippen LogP contribution in [0.25, 0.3) is 10.2 Å². The number of fused-ring (bicyclic) bond motifs is 1. The number of nitrogens with one attached hydrogen (secondary N) is 1. The fourth-order valence-electron chi connectivity index (χ4n) is 2.72. The molecule has 0 saturated carbocycles. The number of unbranched alkanes of at least 4 members (excludes halogenated alkanes) is 1. The molecule has 0 fully saturated rings. The van der Waals surface area contributed by atoms with Gasteiger partial charge >= 0.3 is 0 Å². The van der Waals surface area contributed by atoms with Gasteiger partial charge in [0.1, 0.15) is 5.75 Å². The van der Waals surface area contributed by atoms with Crippen molar-refractivity contribution in [3.8, 4) is 5.75 Å². The molecule has 4 nitrogen and oxygen atoms in total. The van der Waals surface area contributed by atoms with Crippen LogP contribution in [-0.2, 0) is 0 Å². The zero-order valence-corrected chi connectivity index (χ0v) is 16.2. The normalized spacial score (nSPS) is 11.1. The number of para-hydroxylation sites is 1. The van der Waals surface area contributed by atoms with Gasteiger partial charge in [0, 0.05) is 5.56 Å². The van der Waals surface area contributed by atoms with Crippen LogP contribution >= 0.6 is 11.3 Å². The lowest BCUT2D eigenvalue weighted by molar-refractivity contribution is 0.102. The van der Waals surface area contributed by atoms with E-state index in [9.17, 15) is 4.79 Å². The predicted molar refractivity (Wildman–Crippen MR) is 109 cm³/mol. The lowest BCUT2D eigenvalue weighted by Crippen LogP contribution is -2.11. The minimum atomic E-state index is -0.170. The van der Waals surface area contributed by atoms with Crippen molar-refractivity contribution in [2.45, 2.75) is 39.5 Å². The predicted octanol–water partition coefficient (Wildman–Crippen LogP) is 5.85. The van der Waals surface area contributed by atoms with Crippen molar-refractivity contribution in [1.82, 2.24) is 4.98 Å². The molecular formula is C21H24N2O2S. The van der Waals surface area contributed by atoms with Gasteiger partial charge in [-0.2, -0.15) is 0 Å². The number of thiazole rings is 1. The van der Waals surface area contributed by atoms with E-state index < -0.39 is 0 Å². The number of carbonyl (C=O) groups is 1. The van der Waals surface area contributed by atoms with E-state index in [2.05, 4.69) is 37.1 Å². The largest absolute Gasteiger partial charge is 0.494 e. The van der Waals surface area contributed by atoms with Crippen LogP contribution in [0.2, 0.25) is 0 Å². The smallest absolute Gasteiger partial charge is 0.257 e. The first kappa shape index (κ1) is 18.4. The summed E-state index contributed by atoms with van der Waals surface area (Å²) < 4.78 is 6.77. The Balaban J connectivity index is 1.77. The van der Waals surface area contributed by atoms with E-state index in [1.165, 1.54) is 16.9 Å². The number of amides is 1. The van der Waals surface area contributed by atoms with E-state index in [4.69, 9.17) is 4.74 Å². The summed E-state index contributed by atoms with van der Waals surface area (Å²) in [6.07, 6.45) is 2.08. The molecule has 1 N–H and O–H groups in total. The summed E-state index contributed by atoms with van der Waals surface area (Å²) in [5.41, 5.74) is 2.74. The molecular weight excluding hydrogens is 344 g/mol. The monoisotopic (exact) mass is 368 g/mol. The molecule has 0 atom stereocenters. The maximum atomic E-state index is 12.6. The van der Waals surface area contributed by atoms with Crippen molar-refractivity contribution in [2.75, 3.05) is 11.9 Å². The highest BCUT2D eigenvalue weighted by Crippen LogP contribution is 2.31. The average Bonchev–Trinajstić information content (AvgIpc) is 3.04. The molecule has 0 aliphatic carbocycles. The highest BCUT2D eigenvalue weighted by Gasteiger charge is 2.13. The Bertz CT molecular complexity index is 902. The number of hydrogen-bond acceptors (Lipinski definition) is 4. The summed E-state index contributed by atoms with van der Waals surface area (Å²) in [5.74, 6) is 0.940. The summed E-state index contributed by atoms with van der Waals surface area (Å²) >= 11 is 1.50. The van der Waals surface area contributed by atoms with Crippen molar-refractivity contribution < 1.29 is 9.53 Å². The Hall–Kier alpha value is -2.40. The topological polar surface area (TPSA) is 51.2 Å². The molecule has 0 radical (unpaired) electrons. The number of rotatable bonds is 7. The van der Waals surface area contributed by atoms with Gasteiger partial charge in [0.25, 0.3) is 5.91 Å². The number of benzene rings is 2. The molecule has 1 aromatic heterocycles. The van der Waals surface area contributed by atoms with E-state index in [1.54, 1.807) is 12.1 Å². The molecule has 0 spiro atoms. The molecule has 0 unspecified atom stereocenters. The highest BCUT2D eigenvalue weighted by molar-refractivity contribution is 7.22. The van der Waals surface area contributed by atoms with Crippen LogP contribution in [0.1, 0.15) is 55.5 Å². The highest BCUT2D eigenvalue weighted by atomic mass is 32.1. The second-order valence-corrected chi connectivity index (χ2v) is 7.58. The third-order valence-corrected chi connectivity index (χ3v) is 5.09. The molecule has 5 heteroatoms. The van der Waals surface area contributed by atoms with Gasteiger partial charge in [0.15, 0.2) is 5.13 Å².